The maximum Gasteiger partial charge on any atom is 0.0482 e. The molecule has 0 atom stereocenters. The van der Waals surface area contributed by atoms with Crippen molar-refractivity contribution >= 4 is 44.4 Å². The average Bonchev–Trinajstić information content (AvgIpc) is 2.34. The predicted molar refractivity (Wildman–Crippen MR) is 51.8 cm³/mol. The zero-order valence-corrected chi connectivity index (χ0v) is 8.39. The highest BCUT2D eigenvalue weighted by Gasteiger charge is 1.99. The number of thiophene rings is 1. The minimum absolute atomic E-state index is 0.507. The summed E-state index contributed by atoms with van der Waals surface area (Å²) in [7, 11) is 0. The van der Waals surface area contributed by atoms with Gasteiger partial charge in [-0.2, -0.15) is 0 Å². The van der Waals surface area contributed by atoms with Crippen LogP contribution in [0.5, 0.6) is 0 Å². The topological polar surface area (TPSA) is 0 Å². The molecule has 0 unspecified atom stereocenters. The summed E-state index contributed by atoms with van der Waals surface area (Å²) in [5.41, 5.74) is 0.984. The quantitative estimate of drug-likeness (QED) is 0.687. The smallest absolute Gasteiger partial charge is 0.0482 e. The van der Waals surface area contributed by atoms with E-state index in [1.807, 2.05) is 11.4 Å². The Kier molecular flexibility index (Phi) is 2.96. The Labute approximate surface area is 77.6 Å². The van der Waals surface area contributed by atoms with E-state index in [4.69, 9.17) is 11.6 Å². The Morgan fingerprint density at radius 1 is 1.80 bits per heavy atom. The van der Waals surface area contributed by atoms with Crippen LogP contribution in [0.15, 0.2) is 22.5 Å². The molecule has 0 saturated carbocycles. The summed E-state index contributed by atoms with van der Waals surface area (Å²) >= 11 is 10.6. The number of rotatable bonds is 2. The fourth-order valence-electron chi connectivity index (χ4n) is 0.564. The first kappa shape index (κ1) is 8.31. The van der Waals surface area contributed by atoms with Crippen molar-refractivity contribution in [2.24, 2.45) is 0 Å². The molecule has 0 N–H and O–H groups in total. The molecule has 0 aliphatic carbocycles. The lowest BCUT2D eigenvalue weighted by atomic mass is 10.3. The summed E-state index contributed by atoms with van der Waals surface area (Å²) in [4.78, 5) is 1.15. The van der Waals surface area contributed by atoms with Gasteiger partial charge in [0.15, 0.2) is 0 Å². The lowest BCUT2D eigenvalue weighted by Crippen LogP contribution is -1.75. The summed E-state index contributed by atoms with van der Waals surface area (Å²) < 4.78 is 1.10. The second kappa shape index (κ2) is 3.56. The first-order chi connectivity index (χ1) is 4.74. The highest BCUT2D eigenvalue weighted by atomic mass is 79.9. The van der Waals surface area contributed by atoms with E-state index in [9.17, 15) is 0 Å². The summed E-state index contributed by atoms with van der Waals surface area (Å²) in [5, 5.41) is 2.02. The normalized spacial score (nSPS) is 9.80. The molecule has 0 bridgehead atoms. The van der Waals surface area contributed by atoms with Gasteiger partial charge in [-0.1, -0.05) is 6.58 Å². The van der Waals surface area contributed by atoms with Crippen molar-refractivity contribution in [2.75, 3.05) is 5.88 Å². The minimum Gasteiger partial charge on any atom is -0.143 e. The Balaban J connectivity index is 2.85. The Morgan fingerprint density at radius 3 is 2.90 bits per heavy atom. The van der Waals surface area contributed by atoms with Gasteiger partial charge in [-0.15, -0.1) is 22.9 Å². The SMILES string of the molecule is C=C(CCl)c1cc(Br)cs1. The van der Waals surface area contributed by atoms with E-state index in [1.165, 1.54) is 0 Å². The molecule has 0 fully saturated rings. The molecule has 0 radical (unpaired) electrons. The molecule has 0 spiro atoms. The van der Waals surface area contributed by atoms with Crippen molar-refractivity contribution < 1.29 is 0 Å². The lowest BCUT2D eigenvalue weighted by Gasteiger charge is -1.92. The number of hydrogen-bond acceptors (Lipinski definition) is 1. The second-order valence-corrected chi connectivity index (χ2v) is 3.96. The maximum absolute atomic E-state index is 5.59. The fraction of sp³-hybridized carbons (Fsp3) is 0.143. The van der Waals surface area contributed by atoms with E-state index in [1.54, 1.807) is 11.3 Å². The molecule has 10 heavy (non-hydrogen) atoms. The van der Waals surface area contributed by atoms with Gasteiger partial charge in [0.2, 0.25) is 0 Å². The highest BCUT2D eigenvalue weighted by Crippen LogP contribution is 2.25. The van der Waals surface area contributed by atoms with Gasteiger partial charge in [-0.25, -0.2) is 0 Å². The number of hydrogen-bond donors (Lipinski definition) is 0. The van der Waals surface area contributed by atoms with Crippen molar-refractivity contribution in [3.63, 3.8) is 0 Å². The molecule has 0 aliphatic rings. The molecule has 0 amide bonds. The monoisotopic (exact) mass is 236 g/mol. The molecule has 0 saturated heterocycles. The highest BCUT2D eigenvalue weighted by molar-refractivity contribution is 9.10. The van der Waals surface area contributed by atoms with Crippen LogP contribution in [0.3, 0.4) is 0 Å². The zero-order valence-electron chi connectivity index (χ0n) is 5.23. The minimum atomic E-state index is 0.507. The molecule has 3 heteroatoms. The first-order valence-corrected chi connectivity index (χ1v) is 4.93. The molecule has 1 aromatic heterocycles. The van der Waals surface area contributed by atoms with E-state index in [-0.39, 0.29) is 0 Å². The second-order valence-electron chi connectivity index (χ2n) is 1.87. The molecule has 1 heterocycles. The molecular weight excluding hydrogens is 232 g/mol. The molecule has 1 rings (SSSR count). The Hall–Kier alpha value is 0.210. The van der Waals surface area contributed by atoms with Gasteiger partial charge in [0.05, 0.1) is 0 Å². The molecular formula is C7H6BrClS. The van der Waals surface area contributed by atoms with Crippen molar-refractivity contribution in [2.45, 2.75) is 0 Å². The van der Waals surface area contributed by atoms with Crippen LogP contribution in [-0.4, -0.2) is 5.88 Å². The van der Waals surface area contributed by atoms with Crippen molar-refractivity contribution in [1.29, 1.82) is 0 Å². The molecule has 0 nitrogen and oxygen atoms in total. The predicted octanol–water partition coefficient (Wildman–Crippen LogP) is 3.76. The molecule has 0 aromatic carbocycles. The van der Waals surface area contributed by atoms with Crippen LogP contribution >= 0.6 is 38.9 Å². The largest absolute Gasteiger partial charge is 0.143 e. The van der Waals surface area contributed by atoms with Crippen LogP contribution < -0.4 is 0 Å². The third-order valence-electron chi connectivity index (χ3n) is 1.08. The van der Waals surface area contributed by atoms with Gasteiger partial charge in [0.1, 0.15) is 0 Å². The van der Waals surface area contributed by atoms with E-state index in [2.05, 4.69) is 22.5 Å². The first-order valence-electron chi connectivity index (χ1n) is 2.72. The third-order valence-corrected chi connectivity index (χ3v) is 3.19. The summed E-state index contributed by atoms with van der Waals surface area (Å²) in [6.45, 7) is 3.81. The Bertz CT molecular complexity index is 242. The van der Waals surface area contributed by atoms with Crippen LogP contribution in [-0.2, 0) is 0 Å². The van der Waals surface area contributed by atoms with Gasteiger partial charge in [-0.05, 0) is 27.6 Å². The van der Waals surface area contributed by atoms with Gasteiger partial charge < -0.3 is 0 Å². The average molecular weight is 238 g/mol. The zero-order chi connectivity index (χ0) is 7.56. The molecule has 54 valence electrons. The summed E-state index contributed by atoms with van der Waals surface area (Å²) in [6, 6.07) is 2.02. The number of allylic oxidation sites excluding steroid dienone is 1. The van der Waals surface area contributed by atoms with E-state index >= 15 is 0 Å². The number of halogens is 2. The van der Waals surface area contributed by atoms with E-state index < -0.39 is 0 Å². The van der Waals surface area contributed by atoms with Gasteiger partial charge in [0.25, 0.3) is 0 Å². The third kappa shape index (κ3) is 1.84. The lowest BCUT2D eigenvalue weighted by molar-refractivity contribution is 1.73. The fourth-order valence-corrected chi connectivity index (χ4v) is 2.19. The van der Waals surface area contributed by atoms with E-state index in [0.29, 0.717) is 5.88 Å². The van der Waals surface area contributed by atoms with Gasteiger partial charge in [0, 0.05) is 20.6 Å². The van der Waals surface area contributed by atoms with Crippen LogP contribution in [0.1, 0.15) is 4.88 Å². The Morgan fingerprint density at radius 2 is 2.50 bits per heavy atom. The van der Waals surface area contributed by atoms with Crippen molar-refractivity contribution in [1.82, 2.24) is 0 Å². The standard InChI is InChI=1S/C7H6BrClS/c1-5(3-9)7-2-6(8)4-10-7/h2,4H,1,3H2. The van der Waals surface area contributed by atoms with Gasteiger partial charge in [-0.3, -0.25) is 0 Å². The summed E-state index contributed by atoms with van der Waals surface area (Å²) in [5.74, 6) is 0.507. The van der Waals surface area contributed by atoms with Crippen molar-refractivity contribution in [3.05, 3.63) is 27.4 Å². The molecule has 0 aliphatic heterocycles. The van der Waals surface area contributed by atoms with Crippen molar-refractivity contribution in [3.8, 4) is 0 Å². The van der Waals surface area contributed by atoms with Crippen LogP contribution in [0.25, 0.3) is 5.57 Å². The van der Waals surface area contributed by atoms with E-state index in [0.717, 1.165) is 14.9 Å². The number of alkyl halides is 1. The van der Waals surface area contributed by atoms with Crippen LogP contribution in [0, 0.1) is 0 Å². The van der Waals surface area contributed by atoms with Crippen LogP contribution in [0.2, 0.25) is 0 Å². The maximum atomic E-state index is 5.59. The molecule has 1 aromatic rings. The van der Waals surface area contributed by atoms with Crippen LogP contribution in [0.4, 0.5) is 0 Å². The summed E-state index contributed by atoms with van der Waals surface area (Å²) in [6.07, 6.45) is 0. The van der Waals surface area contributed by atoms with Gasteiger partial charge >= 0.3 is 0 Å².